The largest absolute Gasteiger partial charge is 0.464 e. The van der Waals surface area contributed by atoms with Crippen LogP contribution in [0.15, 0.2) is 47.1 Å². The molecule has 2 aromatic carbocycles. The number of nitrogens with zero attached hydrogens (tertiary/aromatic N) is 1. The average molecular weight is 392 g/mol. The Bertz CT molecular complexity index is 1060. The van der Waals surface area contributed by atoms with Gasteiger partial charge in [0.1, 0.15) is 5.58 Å². The highest BCUT2D eigenvalue weighted by atomic mass is 16.5. The molecule has 1 aliphatic rings. The van der Waals surface area contributed by atoms with Crippen molar-refractivity contribution in [3.05, 3.63) is 64.9 Å². The molecule has 150 valence electrons. The second-order valence-corrected chi connectivity index (χ2v) is 7.36. The summed E-state index contributed by atoms with van der Waals surface area (Å²) in [6, 6.07) is 11.1. The van der Waals surface area contributed by atoms with Crippen LogP contribution in [0.5, 0.6) is 0 Å². The molecule has 0 spiro atoms. The first-order valence-corrected chi connectivity index (χ1v) is 9.76. The van der Waals surface area contributed by atoms with Crippen LogP contribution in [0.1, 0.15) is 27.0 Å². The third-order valence-electron chi connectivity index (χ3n) is 5.38. The molecule has 29 heavy (non-hydrogen) atoms. The van der Waals surface area contributed by atoms with Crippen LogP contribution in [-0.4, -0.2) is 43.0 Å². The number of hydrogen-bond donors (Lipinski definition) is 1. The Labute approximate surface area is 169 Å². The third-order valence-corrected chi connectivity index (χ3v) is 5.38. The molecule has 6 heteroatoms. The Morgan fingerprint density at radius 2 is 1.90 bits per heavy atom. The molecule has 0 unspecified atom stereocenters. The minimum absolute atomic E-state index is 0.0453. The molecule has 1 saturated heterocycles. The van der Waals surface area contributed by atoms with Crippen molar-refractivity contribution in [3.63, 3.8) is 0 Å². The quantitative estimate of drug-likeness (QED) is 0.735. The fraction of sp³-hybridized carbons (Fsp3) is 0.304. The van der Waals surface area contributed by atoms with Crippen LogP contribution in [0, 0.1) is 13.8 Å². The number of hydrogen-bond acceptors (Lipinski definition) is 4. The zero-order valence-electron chi connectivity index (χ0n) is 16.7. The first-order valence-electron chi connectivity index (χ1n) is 9.76. The summed E-state index contributed by atoms with van der Waals surface area (Å²) in [5, 5.41) is 3.85. The maximum atomic E-state index is 12.6. The lowest BCUT2D eigenvalue weighted by Crippen LogP contribution is -2.40. The molecule has 1 aliphatic heterocycles. The van der Waals surface area contributed by atoms with Crippen molar-refractivity contribution in [2.45, 2.75) is 20.3 Å². The number of morpholine rings is 1. The highest BCUT2D eigenvalue weighted by Crippen LogP contribution is 2.27. The molecule has 0 radical (unpaired) electrons. The van der Waals surface area contributed by atoms with E-state index in [4.69, 9.17) is 9.15 Å². The van der Waals surface area contributed by atoms with Gasteiger partial charge >= 0.3 is 0 Å². The van der Waals surface area contributed by atoms with Gasteiger partial charge < -0.3 is 19.4 Å². The molecule has 0 bridgehead atoms. The highest BCUT2D eigenvalue weighted by molar-refractivity contribution is 5.98. The van der Waals surface area contributed by atoms with Gasteiger partial charge in [0.25, 0.3) is 5.91 Å². The van der Waals surface area contributed by atoms with Crippen LogP contribution in [0.25, 0.3) is 11.0 Å². The molecule has 2 heterocycles. The van der Waals surface area contributed by atoms with Gasteiger partial charge in [-0.3, -0.25) is 9.59 Å². The second-order valence-electron chi connectivity index (χ2n) is 7.36. The van der Waals surface area contributed by atoms with Crippen molar-refractivity contribution in [2.24, 2.45) is 0 Å². The van der Waals surface area contributed by atoms with Crippen molar-refractivity contribution in [1.82, 2.24) is 4.90 Å². The summed E-state index contributed by atoms with van der Waals surface area (Å²) in [6.45, 7) is 6.33. The molecular formula is C23H24N2O4. The van der Waals surface area contributed by atoms with E-state index in [0.717, 1.165) is 27.7 Å². The fourth-order valence-electron chi connectivity index (χ4n) is 3.58. The molecule has 0 atom stereocenters. The van der Waals surface area contributed by atoms with Crippen LogP contribution < -0.4 is 5.32 Å². The summed E-state index contributed by atoms with van der Waals surface area (Å²) in [4.78, 5) is 27.0. The monoisotopic (exact) mass is 392 g/mol. The Kier molecular flexibility index (Phi) is 5.36. The number of furan rings is 1. The molecule has 2 amide bonds. The second kappa shape index (κ2) is 8.09. The van der Waals surface area contributed by atoms with Gasteiger partial charge in [-0.2, -0.15) is 0 Å². The van der Waals surface area contributed by atoms with Gasteiger partial charge in [0.2, 0.25) is 5.91 Å². The van der Waals surface area contributed by atoms with E-state index in [1.807, 2.05) is 26.0 Å². The van der Waals surface area contributed by atoms with E-state index in [2.05, 4.69) is 5.32 Å². The standard InChI is InChI=1S/C23H24N2O4/c1-15-6-7-20-18(14-29-22(20)16(15)2)13-21(26)24-19-5-3-4-17(12-19)23(27)25-8-10-28-11-9-25/h3-7,12,14H,8-11,13H2,1-2H3,(H,24,26). The van der Waals surface area contributed by atoms with Crippen molar-refractivity contribution >= 4 is 28.5 Å². The minimum Gasteiger partial charge on any atom is -0.464 e. The lowest BCUT2D eigenvalue weighted by Gasteiger charge is -2.27. The molecule has 1 aromatic heterocycles. The number of ether oxygens (including phenoxy) is 1. The van der Waals surface area contributed by atoms with Gasteiger partial charge in [0.15, 0.2) is 0 Å². The molecule has 0 aliphatic carbocycles. The van der Waals surface area contributed by atoms with Gasteiger partial charge in [-0.05, 0) is 43.2 Å². The van der Waals surface area contributed by atoms with Crippen LogP contribution in [0.2, 0.25) is 0 Å². The summed E-state index contributed by atoms with van der Waals surface area (Å²) in [6.07, 6.45) is 1.85. The van der Waals surface area contributed by atoms with E-state index in [-0.39, 0.29) is 18.2 Å². The topological polar surface area (TPSA) is 71.8 Å². The first-order chi connectivity index (χ1) is 14.0. The number of rotatable bonds is 4. The average Bonchev–Trinajstić information content (AvgIpc) is 3.14. The SMILES string of the molecule is Cc1ccc2c(CC(=O)Nc3cccc(C(=O)N4CCOCC4)c3)coc2c1C. The van der Waals surface area contributed by atoms with Crippen LogP contribution in [-0.2, 0) is 16.0 Å². The van der Waals surface area contributed by atoms with E-state index in [1.54, 1.807) is 35.4 Å². The number of fused-ring (bicyclic) bond motifs is 1. The summed E-state index contributed by atoms with van der Waals surface area (Å²) >= 11 is 0. The maximum absolute atomic E-state index is 12.6. The number of aryl methyl sites for hydroxylation is 2. The normalized spacial score (nSPS) is 14.2. The van der Waals surface area contributed by atoms with E-state index in [0.29, 0.717) is 37.6 Å². The highest BCUT2D eigenvalue weighted by Gasteiger charge is 2.19. The predicted molar refractivity (Wildman–Crippen MR) is 111 cm³/mol. The predicted octanol–water partition coefficient (Wildman–Crippen LogP) is 3.70. The Hall–Kier alpha value is -3.12. The number of anilines is 1. The Morgan fingerprint density at radius 1 is 1.10 bits per heavy atom. The van der Waals surface area contributed by atoms with E-state index < -0.39 is 0 Å². The molecule has 1 N–H and O–H groups in total. The molecule has 0 saturated carbocycles. The number of carbonyl (C=O) groups excluding carboxylic acids is 2. The summed E-state index contributed by atoms with van der Waals surface area (Å²) in [5.74, 6) is -0.196. The van der Waals surface area contributed by atoms with Crippen molar-refractivity contribution in [1.29, 1.82) is 0 Å². The van der Waals surface area contributed by atoms with Crippen LogP contribution in [0.3, 0.4) is 0 Å². The molecule has 3 aromatic rings. The molecule has 6 nitrogen and oxygen atoms in total. The van der Waals surface area contributed by atoms with Gasteiger partial charge in [-0.25, -0.2) is 0 Å². The Balaban J connectivity index is 1.46. The zero-order valence-corrected chi connectivity index (χ0v) is 16.7. The number of carbonyl (C=O) groups is 2. The van der Waals surface area contributed by atoms with Gasteiger partial charge in [0.05, 0.1) is 25.9 Å². The van der Waals surface area contributed by atoms with Crippen LogP contribution >= 0.6 is 0 Å². The summed E-state index contributed by atoms with van der Waals surface area (Å²) < 4.78 is 11.0. The van der Waals surface area contributed by atoms with E-state index >= 15 is 0 Å². The van der Waals surface area contributed by atoms with Crippen molar-refractivity contribution in [2.75, 3.05) is 31.6 Å². The van der Waals surface area contributed by atoms with Crippen molar-refractivity contribution < 1.29 is 18.7 Å². The number of nitrogens with one attached hydrogen (secondary N) is 1. The van der Waals surface area contributed by atoms with Crippen molar-refractivity contribution in [3.8, 4) is 0 Å². The summed E-state index contributed by atoms with van der Waals surface area (Å²) in [5.41, 5.74) is 5.08. The molecule has 1 fully saturated rings. The van der Waals surface area contributed by atoms with E-state index in [9.17, 15) is 9.59 Å². The Morgan fingerprint density at radius 3 is 2.69 bits per heavy atom. The molecular weight excluding hydrogens is 368 g/mol. The smallest absolute Gasteiger partial charge is 0.254 e. The lowest BCUT2D eigenvalue weighted by atomic mass is 10.0. The summed E-state index contributed by atoms with van der Waals surface area (Å²) in [7, 11) is 0. The van der Waals surface area contributed by atoms with Gasteiger partial charge in [-0.1, -0.05) is 18.2 Å². The van der Waals surface area contributed by atoms with Gasteiger partial charge in [-0.15, -0.1) is 0 Å². The van der Waals surface area contributed by atoms with Crippen LogP contribution in [0.4, 0.5) is 5.69 Å². The van der Waals surface area contributed by atoms with Gasteiger partial charge in [0, 0.05) is 35.3 Å². The lowest BCUT2D eigenvalue weighted by molar-refractivity contribution is -0.115. The van der Waals surface area contributed by atoms with E-state index in [1.165, 1.54) is 0 Å². The first kappa shape index (κ1) is 19.2. The molecule has 4 rings (SSSR count). The number of benzene rings is 2. The number of amides is 2. The third kappa shape index (κ3) is 4.03. The fourth-order valence-corrected chi connectivity index (χ4v) is 3.58. The maximum Gasteiger partial charge on any atom is 0.254 e. The zero-order chi connectivity index (χ0) is 20.4. The minimum atomic E-state index is -0.151.